The summed E-state index contributed by atoms with van der Waals surface area (Å²) in [6.45, 7) is 9.67. The van der Waals surface area contributed by atoms with Crippen molar-refractivity contribution in [1.82, 2.24) is 9.80 Å². The molecule has 1 saturated heterocycles. The van der Waals surface area contributed by atoms with Gasteiger partial charge in [-0.1, -0.05) is 26.0 Å². The van der Waals surface area contributed by atoms with Gasteiger partial charge in [0.2, 0.25) is 5.91 Å². The van der Waals surface area contributed by atoms with Crippen molar-refractivity contribution in [3.63, 3.8) is 0 Å². The lowest BCUT2D eigenvalue weighted by Crippen LogP contribution is -2.46. The SMILES string of the molecule is CCN1CCCCCN(C(=O)CC2CCCCO2)[C@@H](CC(C)C)COc2ccccc2C1=O. The van der Waals surface area contributed by atoms with Crippen LogP contribution in [-0.4, -0.2) is 66.6 Å². The molecular formula is C27H42N2O4. The second-order valence-electron chi connectivity index (χ2n) is 9.82. The highest BCUT2D eigenvalue weighted by atomic mass is 16.5. The van der Waals surface area contributed by atoms with E-state index in [1.807, 2.05) is 36.1 Å². The predicted molar refractivity (Wildman–Crippen MR) is 131 cm³/mol. The smallest absolute Gasteiger partial charge is 0.257 e. The Bertz CT molecular complexity index is 760. The molecular weight excluding hydrogens is 416 g/mol. The molecule has 2 heterocycles. The molecule has 33 heavy (non-hydrogen) atoms. The summed E-state index contributed by atoms with van der Waals surface area (Å²) < 4.78 is 12.1. The Hall–Kier alpha value is -2.08. The fourth-order valence-electron chi connectivity index (χ4n) is 4.91. The van der Waals surface area contributed by atoms with Crippen LogP contribution in [-0.2, 0) is 9.53 Å². The zero-order chi connectivity index (χ0) is 23.6. The van der Waals surface area contributed by atoms with Gasteiger partial charge in [-0.05, 0) is 69.9 Å². The van der Waals surface area contributed by atoms with Crippen LogP contribution in [0.1, 0.15) is 82.5 Å². The highest BCUT2D eigenvalue weighted by molar-refractivity contribution is 5.96. The van der Waals surface area contributed by atoms with E-state index in [1.54, 1.807) is 0 Å². The van der Waals surface area contributed by atoms with Crippen molar-refractivity contribution < 1.29 is 19.1 Å². The van der Waals surface area contributed by atoms with Gasteiger partial charge in [-0.25, -0.2) is 0 Å². The van der Waals surface area contributed by atoms with Crippen LogP contribution in [0.25, 0.3) is 0 Å². The summed E-state index contributed by atoms with van der Waals surface area (Å²) in [5.74, 6) is 1.24. The highest BCUT2D eigenvalue weighted by Gasteiger charge is 2.29. The van der Waals surface area contributed by atoms with Gasteiger partial charge in [0.15, 0.2) is 0 Å². The Balaban J connectivity index is 1.83. The lowest BCUT2D eigenvalue weighted by Gasteiger charge is -2.34. The van der Waals surface area contributed by atoms with E-state index in [-0.39, 0.29) is 24.0 Å². The molecule has 0 spiro atoms. The van der Waals surface area contributed by atoms with Crippen LogP contribution >= 0.6 is 0 Å². The molecule has 6 nitrogen and oxygen atoms in total. The molecule has 3 rings (SSSR count). The van der Waals surface area contributed by atoms with Crippen LogP contribution in [0.4, 0.5) is 0 Å². The van der Waals surface area contributed by atoms with E-state index in [4.69, 9.17) is 9.47 Å². The number of rotatable bonds is 5. The summed E-state index contributed by atoms with van der Waals surface area (Å²) >= 11 is 0. The normalized spacial score (nSPS) is 23.2. The molecule has 0 aromatic heterocycles. The van der Waals surface area contributed by atoms with E-state index >= 15 is 0 Å². The van der Waals surface area contributed by atoms with E-state index in [0.717, 1.165) is 64.6 Å². The molecule has 1 unspecified atom stereocenters. The average Bonchev–Trinajstić information content (AvgIpc) is 2.82. The fraction of sp³-hybridized carbons (Fsp3) is 0.704. The Morgan fingerprint density at radius 3 is 2.61 bits per heavy atom. The first-order valence-corrected chi connectivity index (χ1v) is 12.9. The van der Waals surface area contributed by atoms with Crippen molar-refractivity contribution in [2.24, 2.45) is 5.92 Å². The van der Waals surface area contributed by atoms with Crippen molar-refractivity contribution in [2.75, 3.05) is 32.8 Å². The van der Waals surface area contributed by atoms with Gasteiger partial charge in [0.05, 0.1) is 24.1 Å². The van der Waals surface area contributed by atoms with E-state index in [2.05, 4.69) is 18.7 Å². The number of carbonyl (C=O) groups is 2. The Morgan fingerprint density at radius 2 is 1.88 bits per heavy atom. The Kier molecular flexibility index (Phi) is 10.0. The van der Waals surface area contributed by atoms with E-state index in [0.29, 0.717) is 36.8 Å². The standard InChI is InChI=1S/C27H42N2O4/c1-4-28-15-9-5-10-16-29(26(30)19-23-12-8-11-17-32-23)22(18-21(2)3)20-33-25-14-7-6-13-24(25)27(28)31/h6-7,13-14,21-23H,4-5,8-12,15-20H2,1-3H3/t22-,23?/m0/s1. The number of carbonyl (C=O) groups excluding carboxylic acids is 2. The molecule has 2 aliphatic heterocycles. The third kappa shape index (κ3) is 7.46. The average molecular weight is 459 g/mol. The van der Waals surface area contributed by atoms with Crippen molar-refractivity contribution in [2.45, 2.75) is 84.3 Å². The number of nitrogens with zero attached hydrogens (tertiary/aromatic N) is 2. The summed E-state index contributed by atoms with van der Waals surface area (Å²) in [5, 5.41) is 0. The molecule has 0 bridgehead atoms. The zero-order valence-electron chi connectivity index (χ0n) is 20.8. The maximum absolute atomic E-state index is 13.5. The third-order valence-corrected chi connectivity index (χ3v) is 6.73. The summed E-state index contributed by atoms with van der Waals surface area (Å²) in [6.07, 6.45) is 7.41. The van der Waals surface area contributed by atoms with Gasteiger partial charge in [-0.2, -0.15) is 0 Å². The minimum Gasteiger partial charge on any atom is -0.491 e. The van der Waals surface area contributed by atoms with Crippen molar-refractivity contribution >= 4 is 11.8 Å². The largest absolute Gasteiger partial charge is 0.491 e. The maximum Gasteiger partial charge on any atom is 0.257 e. The number of fused-ring (bicyclic) bond motifs is 1. The first kappa shape index (κ1) is 25.5. The number of hydrogen-bond acceptors (Lipinski definition) is 4. The molecule has 0 radical (unpaired) electrons. The first-order valence-electron chi connectivity index (χ1n) is 12.9. The van der Waals surface area contributed by atoms with Gasteiger partial charge in [0.25, 0.3) is 5.91 Å². The molecule has 0 saturated carbocycles. The van der Waals surface area contributed by atoms with Crippen molar-refractivity contribution in [1.29, 1.82) is 0 Å². The molecule has 1 aromatic carbocycles. The van der Waals surface area contributed by atoms with E-state index in [1.165, 1.54) is 0 Å². The highest BCUT2D eigenvalue weighted by Crippen LogP contribution is 2.24. The lowest BCUT2D eigenvalue weighted by molar-refractivity contribution is -0.138. The maximum atomic E-state index is 13.5. The molecule has 1 fully saturated rings. The first-order chi connectivity index (χ1) is 16.0. The minimum atomic E-state index is -0.0210. The molecule has 2 amide bonds. The van der Waals surface area contributed by atoms with Gasteiger partial charge in [0, 0.05) is 26.2 Å². The molecule has 2 atom stereocenters. The van der Waals surface area contributed by atoms with E-state index in [9.17, 15) is 9.59 Å². The van der Waals surface area contributed by atoms with Gasteiger partial charge >= 0.3 is 0 Å². The lowest BCUT2D eigenvalue weighted by atomic mass is 10.0. The monoisotopic (exact) mass is 458 g/mol. The summed E-state index contributed by atoms with van der Waals surface area (Å²) in [7, 11) is 0. The van der Waals surface area contributed by atoms with Gasteiger partial charge < -0.3 is 19.3 Å². The molecule has 6 heteroatoms. The minimum absolute atomic E-state index is 0.0210. The van der Waals surface area contributed by atoms with E-state index < -0.39 is 0 Å². The summed E-state index contributed by atoms with van der Waals surface area (Å²) in [5.41, 5.74) is 0.607. The van der Waals surface area contributed by atoms with Crippen LogP contribution in [0.2, 0.25) is 0 Å². The zero-order valence-corrected chi connectivity index (χ0v) is 20.8. The van der Waals surface area contributed by atoms with Gasteiger partial charge in [-0.15, -0.1) is 0 Å². The number of hydrogen-bond donors (Lipinski definition) is 0. The van der Waals surface area contributed by atoms with Crippen LogP contribution in [0.15, 0.2) is 24.3 Å². The van der Waals surface area contributed by atoms with Crippen molar-refractivity contribution in [3.8, 4) is 5.75 Å². The van der Waals surface area contributed by atoms with Crippen LogP contribution in [0.3, 0.4) is 0 Å². The molecule has 2 aliphatic rings. The van der Waals surface area contributed by atoms with Gasteiger partial charge in [-0.3, -0.25) is 9.59 Å². The molecule has 0 aliphatic carbocycles. The number of ether oxygens (including phenoxy) is 2. The van der Waals surface area contributed by atoms with Crippen LogP contribution in [0.5, 0.6) is 5.75 Å². The van der Waals surface area contributed by atoms with Gasteiger partial charge in [0.1, 0.15) is 12.4 Å². The number of para-hydroxylation sites is 1. The topological polar surface area (TPSA) is 59.1 Å². The van der Waals surface area contributed by atoms with Crippen molar-refractivity contribution in [3.05, 3.63) is 29.8 Å². The number of amides is 2. The summed E-state index contributed by atoms with van der Waals surface area (Å²) in [6, 6.07) is 7.49. The third-order valence-electron chi connectivity index (χ3n) is 6.73. The molecule has 1 aromatic rings. The number of benzene rings is 1. The van der Waals surface area contributed by atoms with Crippen LogP contribution < -0.4 is 4.74 Å². The quantitative estimate of drug-likeness (QED) is 0.629. The summed E-state index contributed by atoms with van der Waals surface area (Å²) in [4.78, 5) is 30.6. The Morgan fingerprint density at radius 1 is 1.09 bits per heavy atom. The predicted octanol–water partition coefficient (Wildman–Crippen LogP) is 4.91. The molecule has 0 N–H and O–H groups in total. The van der Waals surface area contributed by atoms with Crippen LogP contribution in [0, 0.1) is 5.92 Å². The fourth-order valence-corrected chi connectivity index (χ4v) is 4.91. The second kappa shape index (κ2) is 13.0. The second-order valence-corrected chi connectivity index (χ2v) is 9.82. The Labute approximate surface area is 199 Å². The molecule has 184 valence electrons.